The van der Waals surface area contributed by atoms with E-state index in [0.717, 1.165) is 0 Å². The molecule has 19 heavy (non-hydrogen) atoms. The molecule has 1 aromatic rings. The van der Waals surface area contributed by atoms with Gasteiger partial charge in [0, 0.05) is 5.54 Å². The van der Waals surface area contributed by atoms with Crippen molar-refractivity contribution in [3.8, 4) is 0 Å². The van der Waals surface area contributed by atoms with Crippen LogP contribution in [0.4, 0.5) is 0 Å². The molecule has 0 aromatic carbocycles. The van der Waals surface area contributed by atoms with Crippen molar-refractivity contribution in [1.29, 1.82) is 0 Å². The molecule has 1 unspecified atom stereocenters. The van der Waals surface area contributed by atoms with Crippen molar-refractivity contribution < 1.29 is 19.1 Å². The predicted octanol–water partition coefficient (Wildman–Crippen LogP) is 2.27. The highest BCUT2D eigenvalue weighted by molar-refractivity contribution is 5.86. The topological polar surface area (TPSA) is 71.7 Å². The highest BCUT2D eigenvalue weighted by Gasteiger charge is 2.36. The Labute approximate surface area is 113 Å². The Bertz CT molecular complexity index is 443. The van der Waals surface area contributed by atoms with Gasteiger partial charge in [-0.3, -0.25) is 5.32 Å². The number of methoxy groups -OCH3 is 1. The number of nitrogens with one attached hydrogen (secondary N) is 1. The second kappa shape index (κ2) is 5.35. The molecular formula is C14H23NO4. The number of aliphatic hydroxyl groups is 1. The first-order valence-electron chi connectivity index (χ1n) is 6.26. The molecule has 0 saturated carbocycles. The molecule has 0 radical (unpaired) electrons. The van der Waals surface area contributed by atoms with Crippen molar-refractivity contribution in [2.45, 2.75) is 51.8 Å². The second-order valence-electron chi connectivity index (χ2n) is 5.74. The van der Waals surface area contributed by atoms with Gasteiger partial charge in [-0.25, -0.2) is 4.79 Å². The highest BCUT2D eigenvalue weighted by atomic mass is 16.5. The van der Waals surface area contributed by atoms with Gasteiger partial charge in [-0.05, 0) is 46.8 Å². The van der Waals surface area contributed by atoms with Gasteiger partial charge in [-0.2, -0.15) is 0 Å². The Morgan fingerprint density at radius 2 is 1.95 bits per heavy atom. The lowest BCUT2D eigenvalue weighted by molar-refractivity contribution is -0.0104. The summed E-state index contributed by atoms with van der Waals surface area (Å²) in [6.45, 7) is 9.22. The van der Waals surface area contributed by atoms with Crippen LogP contribution < -0.4 is 5.32 Å². The van der Waals surface area contributed by atoms with Crippen LogP contribution in [0.2, 0.25) is 0 Å². The lowest BCUT2D eigenvalue weighted by Gasteiger charge is -2.40. The molecule has 0 aliphatic heterocycles. The summed E-state index contributed by atoms with van der Waals surface area (Å²) in [4.78, 5) is 11.3. The van der Waals surface area contributed by atoms with E-state index in [9.17, 15) is 9.90 Å². The Morgan fingerprint density at radius 3 is 2.42 bits per heavy atom. The number of rotatable bonds is 5. The minimum Gasteiger partial charge on any atom is -0.463 e. The Balaban J connectivity index is 2.82. The molecular weight excluding hydrogens is 246 g/mol. The smallest absolute Gasteiger partial charge is 0.373 e. The Kier molecular flexibility index (Phi) is 4.43. The molecule has 0 aliphatic rings. The molecule has 108 valence electrons. The summed E-state index contributed by atoms with van der Waals surface area (Å²) in [5.41, 5.74) is -1.40. The van der Waals surface area contributed by atoms with Crippen LogP contribution in [-0.4, -0.2) is 29.3 Å². The average molecular weight is 269 g/mol. The Hall–Kier alpha value is -1.33. The van der Waals surface area contributed by atoms with E-state index < -0.39 is 17.1 Å². The fraction of sp³-hybridized carbons (Fsp3) is 0.643. The van der Waals surface area contributed by atoms with Crippen LogP contribution in [0, 0.1) is 0 Å². The predicted molar refractivity (Wildman–Crippen MR) is 72.0 cm³/mol. The molecule has 1 aromatic heterocycles. The molecule has 0 aliphatic carbocycles. The van der Waals surface area contributed by atoms with Gasteiger partial charge in [0.05, 0.1) is 18.8 Å². The van der Waals surface area contributed by atoms with Gasteiger partial charge in [0.2, 0.25) is 5.76 Å². The average Bonchev–Trinajstić information content (AvgIpc) is 2.75. The largest absolute Gasteiger partial charge is 0.463 e. The maximum Gasteiger partial charge on any atom is 0.373 e. The van der Waals surface area contributed by atoms with Crippen molar-refractivity contribution in [3.63, 3.8) is 0 Å². The fourth-order valence-electron chi connectivity index (χ4n) is 1.58. The molecule has 0 bridgehead atoms. The summed E-state index contributed by atoms with van der Waals surface area (Å²) < 4.78 is 10.0. The maximum atomic E-state index is 11.3. The minimum atomic E-state index is -0.890. The van der Waals surface area contributed by atoms with Crippen LogP contribution >= 0.6 is 0 Å². The minimum absolute atomic E-state index is 0.139. The number of hydrogen-bond acceptors (Lipinski definition) is 5. The van der Waals surface area contributed by atoms with Crippen LogP contribution in [-0.2, 0) is 4.74 Å². The lowest BCUT2D eigenvalue weighted by Crippen LogP contribution is -2.56. The number of carbonyl (C=O) groups excluding carboxylic acids is 1. The van der Waals surface area contributed by atoms with E-state index in [2.05, 4.69) is 10.1 Å². The normalized spacial score (nSPS) is 14.3. The molecule has 0 amide bonds. The van der Waals surface area contributed by atoms with Crippen LogP contribution in [0.25, 0.3) is 0 Å². The highest BCUT2D eigenvalue weighted by Crippen LogP contribution is 2.26. The van der Waals surface area contributed by atoms with Gasteiger partial charge >= 0.3 is 5.97 Å². The van der Waals surface area contributed by atoms with Gasteiger partial charge < -0.3 is 14.3 Å². The van der Waals surface area contributed by atoms with E-state index in [0.29, 0.717) is 5.76 Å². The van der Waals surface area contributed by atoms with Crippen molar-refractivity contribution in [1.82, 2.24) is 5.32 Å². The maximum absolute atomic E-state index is 11.3. The van der Waals surface area contributed by atoms with Gasteiger partial charge in [0.25, 0.3) is 0 Å². The summed E-state index contributed by atoms with van der Waals surface area (Å²) >= 11 is 0. The standard InChI is InChI=1S/C14H23NO4/c1-9(15-13(2,3)14(4,5)17)10-7-8-11(19-10)12(16)18-6/h7-9,15,17H,1-6H3. The van der Waals surface area contributed by atoms with Crippen molar-refractivity contribution in [3.05, 3.63) is 23.7 Å². The van der Waals surface area contributed by atoms with Crippen LogP contribution in [0.3, 0.4) is 0 Å². The fourth-order valence-corrected chi connectivity index (χ4v) is 1.58. The van der Waals surface area contributed by atoms with Gasteiger partial charge in [0.15, 0.2) is 0 Å². The molecule has 0 spiro atoms. The van der Waals surface area contributed by atoms with Gasteiger partial charge in [0.1, 0.15) is 5.76 Å². The molecule has 5 nitrogen and oxygen atoms in total. The second-order valence-corrected chi connectivity index (χ2v) is 5.74. The van der Waals surface area contributed by atoms with E-state index in [1.165, 1.54) is 7.11 Å². The first-order valence-corrected chi connectivity index (χ1v) is 6.26. The third kappa shape index (κ3) is 3.58. The van der Waals surface area contributed by atoms with Gasteiger partial charge in [-0.15, -0.1) is 0 Å². The quantitative estimate of drug-likeness (QED) is 0.802. The van der Waals surface area contributed by atoms with Crippen molar-refractivity contribution in [2.75, 3.05) is 7.11 Å². The molecule has 1 atom stereocenters. The number of furan rings is 1. The SMILES string of the molecule is COC(=O)c1ccc(C(C)NC(C)(C)C(C)(C)O)o1. The molecule has 5 heteroatoms. The number of ether oxygens (including phenoxy) is 1. The van der Waals surface area contributed by atoms with Gasteiger partial charge in [-0.1, -0.05) is 0 Å². The zero-order chi connectivity index (χ0) is 14.8. The molecule has 2 N–H and O–H groups in total. The first-order chi connectivity index (χ1) is 8.58. The van der Waals surface area contributed by atoms with Crippen LogP contribution in [0.1, 0.15) is 57.0 Å². The van der Waals surface area contributed by atoms with Crippen LogP contribution in [0.5, 0.6) is 0 Å². The van der Waals surface area contributed by atoms with E-state index in [4.69, 9.17) is 4.42 Å². The summed E-state index contributed by atoms with van der Waals surface area (Å²) in [6.07, 6.45) is 0. The van der Waals surface area contributed by atoms with E-state index >= 15 is 0 Å². The third-order valence-electron chi connectivity index (χ3n) is 3.55. The molecule has 0 saturated heterocycles. The van der Waals surface area contributed by atoms with Crippen molar-refractivity contribution in [2.24, 2.45) is 0 Å². The number of carbonyl (C=O) groups is 1. The summed E-state index contributed by atoms with van der Waals surface area (Å²) in [5.74, 6) is 0.296. The zero-order valence-electron chi connectivity index (χ0n) is 12.4. The summed E-state index contributed by atoms with van der Waals surface area (Å²) in [5, 5.41) is 13.4. The number of esters is 1. The van der Waals surface area contributed by atoms with Crippen LogP contribution in [0.15, 0.2) is 16.5 Å². The first kappa shape index (κ1) is 15.7. The molecule has 1 heterocycles. The monoisotopic (exact) mass is 269 g/mol. The summed E-state index contributed by atoms with van der Waals surface area (Å²) in [7, 11) is 1.31. The zero-order valence-corrected chi connectivity index (χ0v) is 12.4. The Morgan fingerprint density at radius 1 is 1.37 bits per heavy atom. The van der Waals surface area contributed by atoms with E-state index in [1.807, 2.05) is 20.8 Å². The number of hydrogen-bond donors (Lipinski definition) is 2. The molecule has 0 fully saturated rings. The van der Waals surface area contributed by atoms with E-state index in [1.54, 1.807) is 26.0 Å². The van der Waals surface area contributed by atoms with E-state index in [-0.39, 0.29) is 11.8 Å². The third-order valence-corrected chi connectivity index (χ3v) is 3.55. The lowest BCUT2D eigenvalue weighted by atomic mass is 9.85. The summed E-state index contributed by atoms with van der Waals surface area (Å²) in [6, 6.07) is 3.17. The molecule has 1 rings (SSSR count). The van der Waals surface area contributed by atoms with Crippen molar-refractivity contribution >= 4 is 5.97 Å².